The van der Waals surface area contributed by atoms with Crippen LogP contribution >= 0.6 is 0 Å². The Morgan fingerprint density at radius 2 is 2.00 bits per heavy atom. The summed E-state index contributed by atoms with van der Waals surface area (Å²) in [6.45, 7) is 2.24. The van der Waals surface area contributed by atoms with Crippen LogP contribution in [0.2, 0.25) is 0 Å². The van der Waals surface area contributed by atoms with Crippen LogP contribution in [0, 0.1) is 12.7 Å². The number of carbonyl (C=O) groups excluding carboxylic acids is 1. The molecule has 0 saturated heterocycles. The molecule has 0 spiro atoms. The zero-order valence-corrected chi connectivity index (χ0v) is 20.4. The minimum atomic E-state index is -3.80. The number of nitrogens with zero attached hydrogens (tertiary/aromatic N) is 2. The number of hydrogen-bond donors (Lipinski definition) is 3. The van der Waals surface area contributed by atoms with Gasteiger partial charge in [-0.15, -0.1) is 0 Å². The molecule has 4 heterocycles. The van der Waals surface area contributed by atoms with Gasteiger partial charge in [0.1, 0.15) is 12.4 Å². The molecule has 0 unspecified atom stereocenters. The summed E-state index contributed by atoms with van der Waals surface area (Å²) in [4.78, 5) is 30.4. The average molecular weight is 518 g/mol. The minimum Gasteiger partial charge on any atom is -0.458 e. The molecule has 12 heteroatoms. The van der Waals surface area contributed by atoms with Crippen LogP contribution in [-0.4, -0.2) is 46.5 Å². The molecule has 0 aliphatic carbocycles. The van der Waals surface area contributed by atoms with Crippen molar-refractivity contribution in [2.45, 2.75) is 45.6 Å². The van der Waals surface area contributed by atoms with Gasteiger partial charge in [-0.3, -0.25) is 4.79 Å². The first kappa shape index (κ1) is 24.5. The van der Waals surface area contributed by atoms with Gasteiger partial charge < -0.3 is 19.5 Å². The van der Waals surface area contributed by atoms with Crippen LogP contribution in [0.1, 0.15) is 41.2 Å². The van der Waals surface area contributed by atoms with Gasteiger partial charge in [-0.1, -0.05) is 6.92 Å². The third-order valence-electron chi connectivity index (χ3n) is 6.91. The van der Waals surface area contributed by atoms with E-state index in [1.807, 2.05) is 0 Å². The number of esters is 1. The molecule has 0 radical (unpaired) electrons. The Morgan fingerprint density at radius 1 is 1.25 bits per heavy atom. The molecule has 5 rings (SSSR count). The van der Waals surface area contributed by atoms with Crippen LogP contribution in [0.3, 0.4) is 0 Å². The van der Waals surface area contributed by atoms with Crippen molar-refractivity contribution < 1.29 is 32.6 Å². The van der Waals surface area contributed by atoms with Crippen LogP contribution in [0.25, 0.3) is 22.3 Å². The molecular weight excluding hydrogens is 493 g/mol. The van der Waals surface area contributed by atoms with E-state index in [0.717, 1.165) is 0 Å². The smallest absolute Gasteiger partial charge is 0.343 e. The number of fused-ring (bicyclic) bond motifs is 5. The fraction of sp³-hybridized carbons (Fsp3) is 0.375. The van der Waals surface area contributed by atoms with Crippen molar-refractivity contribution in [1.29, 1.82) is 0 Å². The quantitative estimate of drug-likeness (QED) is 0.320. The SMILES string of the molecule is CC[C@@]1(O)C(=O)OCc2c1cc1n(c2=O)Cc2c-1nc1cc(F)c(C)cc1c2CNS(=O)(=O)CCO. The number of ether oxygens (including phenoxy) is 1. The molecule has 3 N–H and O–H groups in total. The van der Waals surface area contributed by atoms with Gasteiger partial charge in [-0.05, 0) is 36.6 Å². The zero-order valence-electron chi connectivity index (χ0n) is 19.6. The van der Waals surface area contributed by atoms with E-state index >= 15 is 0 Å². The second kappa shape index (κ2) is 8.44. The number of sulfonamides is 1. The van der Waals surface area contributed by atoms with Crippen molar-refractivity contribution in [1.82, 2.24) is 14.3 Å². The van der Waals surface area contributed by atoms with E-state index in [1.165, 1.54) is 16.7 Å². The molecule has 2 aromatic heterocycles. The van der Waals surface area contributed by atoms with Crippen LogP contribution in [0.15, 0.2) is 23.0 Å². The molecule has 1 aromatic carbocycles. The van der Waals surface area contributed by atoms with Crippen molar-refractivity contribution in [3.8, 4) is 11.4 Å². The highest BCUT2D eigenvalue weighted by atomic mass is 32.2. The Morgan fingerprint density at radius 3 is 2.69 bits per heavy atom. The number of nitrogens with one attached hydrogen (secondary N) is 1. The Balaban J connectivity index is 1.76. The highest BCUT2D eigenvalue weighted by molar-refractivity contribution is 7.89. The first-order valence-electron chi connectivity index (χ1n) is 11.4. The number of rotatable bonds is 6. The van der Waals surface area contributed by atoms with Gasteiger partial charge in [-0.25, -0.2) is 27.3 Å². The van der Waals surface area contributed by atoms with Crippen molar-refractivity contribution in [3.63, 3.8) is 0 Å². The number of pyridine rings is 2. The summed E-state index contributed by atoms with van der Waals surface area (Å²) in [5.74, 6) is -1.82. The number of halogens is 1. The molecule has 0 fully saturated rings. The molecule has 0 amide bonds. The van der Waals surface area contributed by atoms with Crippen LogP contribution in [0.4, 0.5) is 4.39 Å². The lowest BCUT2D eigenvalue weighted by Crippen LogP contribution is -2.44. The van der Waals surface area contributed by atoms with Crippen molar-refractivity contribution >= 4 is 26.9 Å². The summed E-state index contributed by atoms with van der Waals surface area (Å²) >= 11 is 0. The number of aryl methyl sites for hydroxylation is 1. The van der Waals surface area contributed by atoms with Crippen LogP contribution < -0.4 is 10.3 Å². The Labute approximate surface area is 205 Å². The Bertz CT molecular complexity index is 1620. The van der Waals surface area contributed by atoms with Crippen LogP contribution in [0.5, 0.6) is 0 Å². The van der Waals surface area contributed by atoms with Gasteiger partial charge in [0.2, 0.25) is 10.0 Å². The van der Waals surface area contributed by atoms with E-state index in [2.05, 4.69) is 9.71 Å². The predicted octanol–water partition coefficient (Wildman–Crippen LogP) is 0.939. The highest BCUT2D eigenvalue weighted by Crippen LogP contribution is 2.40. The van der Waals surface area contributed by atoms with Crippen molar-refractivity contribution in [2.24, 2.45) is 0 Å². The van der Waals surface area contributed by atoms with Gasteiger partial charge >= 0.3 is 5.97 Å². The number of cyclic esters (lactones) is 1. The highest BCUT2D eigenvalue weighted by Gasteiger charge is 2.45. The van der Waals surface area contributed by atoms with E-state index in [-0.39, 0.29) is 42.8 Å². The molecule has 3 aromatic rings. The third-order valence-corrected chi connectivity index (χ3v) is 8.22. The fourth-order valence-corrected chi connectivity index (χ4v) is 5.62. The summed E-state index contributed by atoms with van der Waals surface area (Å²) in [6.07, 6.45) is -0.0118. The van der Waals surface area contributed by atoms with Gasteiger partial charge in [0.25, 0.3) is 5.56 Å². The molecule has 2 aliphatic rings. The topological polar surface area (TPSA) is 148 Å². The normalized spacial score (nSPS) is 18.6. The summed E-state index contributed by atoms with van der Waals surface area (Å²) in [5, 5.41) is 20.6. The zero-order chi connectivity index (χ0) is 26.0. The second-order valence-electron chi connectivity index (χ2n) is 9.00. The first-order valence-corrected chi connectivity index (χ1v) is 13.0. The summed E-state index contributed by atoms with van der Waals surface area (Å²) < 4.78 is 48.0. The van der Waals surface area contributed by atoms with Gasteiger partial charge in [0, 0.05) is 29.1 Å². The molecule has 0 bridgehead atoms. The molecular formula is C24H24FN3O7S. The van der Waals surface area contributed by atoms with Crippen LogP contribution in [-0.2, 0) is 44.9 Å². The molecule has 36 heavy (non-hydrogen) atoms. The number of aliphatic hydroxyl groups is 2. The largest absolute Gasteiger partial charge is 0.458 e. The standard InChI is InChI=1S/C24H24FN3O7S/c1-3-24(32)17-7-20-21-15(10-28(20)22(30)16(17)11-35-23(24)31)14(9-26-36(33,34)5-4-29)13-6-12(2)18(25)8-19(13)27-21/h6-8,26,29,32H,3-5,9-11H2,1-2H3/t24-/m0/s1. The van der Waals surface area contributed by atoms with E-state index < -0.39 is 45.3 Å². The summed E-state index contributed by atoms with van der Waals surface area (Å²) in [7, 11) is -3.80. The fourth-order valence-electron chi connectivity index (χ4n) is 4.87. The number of hydrogen-bond acceptors (Lipinski definition) is 8. The molecule has 2 aliphatic heterocycles. The van der Waals surface area contributed by atoms with E-state index in [9.17, 15) is 27.5 Å². The number of aromatic nitrogens is 2. The van der Waals surface area contributed by atoms with E-state index in [1.54, 1.807) is 19.9 Å². The van der Waals surface area contributed by atoms with Crippen molar-refractivity contribution in [2.75, 3.05) is 12.4 Å². The maximum atomic E-state index is 14.5. The monoisotopic (exact) mass is 517 g/mol. The number of aliphatic hydroxyl groups excluding tert-OH is 1. The number of benzene rings is 1. The second-order valence-corrected chi connectivity index (χ2v) is 10.9. The van der Waals surface area contributed by atoms with Gasteiger partial charge in [0.05, 0.1) is 41.4 Å². The Hall–Kier alpha value is -3.19. The summed E-state index contributed by atoms with van der Waals surface area (Å²) in [5.41, 5.74) is 0.196. The maximum Gasteiger partial charge on any atom is 0.343 e. The van der Waals surface area contributed by atoms with E-state index in [0.29, 0.717) is 33.5 Å². The van der Waals surface area contributed by atoms with E-state index in [4.69, 9.17) is 9.84 Å². The maximum absolute atomic E-state index is 14.5. The summed E-state index contributed by atoms with van der Waals surface area (Å²) in [6, 6.07) is 4.36. The number of carbonyl (C=O) groups is 1. The molecule has 1 atom stereocenters. The lowest BCUT2D eigenvalue weighted by molar-refractivity contribution is -0.172. The predicted molar refractivity (Wildman–Crippen MR) is 127 cm³/mol. The van der Waals surface area contributed by atoms with Gasteiger partial charge in [-0.2, -0.15) is 0 Å². The Kier molecular flexibility index (Phi) is 5.75. The average Bonchev–Trinajstić information content (AvgIpc) is 3.19. The molecule has 0 saturated carbocycles. The molecule has 190 valence electrons. The third kappa shape index (κ3) is 3.63. The van der Waals surface area contributed by atoms with Gasteiger partial charge in [0.15, 0.2) is 5.60 Å². The first-order chi connectivity index (χ1) is 17.0. The lowest BCUT2D eigenvalue weighted by Gasteiger charge is -2.31. The van der Waals surface area contributed by atoms with Crippen molar-refractivity contribution in [3.05, 3.63) is 62.2 Å². The molecule has 10 nitrogen and oxygen atoms in total. The minimum absolute atomic E-state index is 0.0118. The lowest BCUT2D eigenvalue weighted by atomic mass is 9.86.